The first-order valence-electron chi connectivity index (χ1n) is 10.9. The normalized spacial score (nSPS) is 19.5. The second-order valence-electron chi connectivity index (χ2n) is 8.30. The standard InChI is InChI=1S/C24H25Cl2N3O4/c1-14(30)33-21-9-6-15-4-7-17(27-24(32)29-10-2-3-11-29)13-18(15)22(21)28-23(31)16-5-8-19(25)20(26)12-16/h4-5,7-8,12-13,21-22H,2-3,6,9-11H2,1H3,(H,27,32)(H,28,31)/t21-,22-/m1/s1. The topological polar surface area (TPSA) is 87.7 Å². The Hall–Kier alpha value is -2.77. The highest BCUT2D eigenvalue weighted by Crippen LogP contribution is 2.34. The minimum atomic E-state index is -0.580. The number of hydrogen-bond donors (Lipinski definition) is 2. The number of nitrogens with zero attached hydrogens (tertiary/aromatic N) is 1. The molecule has 1 aliphatic heterocycles. The average Bonchev–Trinajstić information content (AvgIpc) is 3.32. The highest BCUT2D eigenvalue weighted by Gasteiger charge is 2.34. The van der Waals surface area contributed by atoms with E-state index in [0.29, 0.717) is 29.1 Å². The first-order valence-corrected chi connectivity index (χ1v) is 11.7. The molecule has 33 heavy (non-hydrogen) atoms. The lowest BCUT2D eigenvalue weighted by atomic mass is 9.85. The second kappa shape index (κ2) is 10.0. The van der Waals surface area contributed by atoms with Crippen molar-refractivity contribution in [2.45, 2.75) is 44.8 Å². The predicted molar refractivity (Wildman–Crippen MR) is 127 cm³/mol. The fourth-order valence-electron chi connectivity index (χ4n) is 4.35. The number of carbonyl (C=O) groups excluding carboxylic acids is 3. The number of amides is 3. The van der Waals surface area contributed by atoms with E-state index in [9.17, 15) is 14.4 Å². The summed E-state index contributed by atoms with van der Waals surface area (Å²) in [6, 6.07) is 9.56. The molecule has 0 spiro atoms. The summed E-state index contributed by atoms with van der Waals surface area (Å²) >= 11 is 12.0. The summed E-state index contributed by atoms with van der Waals surface area (Å²) < 4.78 is 5.55. The van der Waals surface area contributed by atoms with E-state index >= 15 is 0 Å². The number of ether oxygens (including phenoxy) is 1. The highest BCUT2D eigenvalue weighted by molar-refractivity contribution is 6.42. The van der Waals surface area contributed by atoms with Crippen LogP contribution >= 0.6 is 23.2 Å². The number of halogens is 2. The van der Waals surface area contributed by atoms with E-state index in [2.05, 4.69) is 10.6 Å². The van der Waals surface area contributed by atoms with Crippen molar-refractivity contribution in [2.24, 2.45) is 0 Å². The summed E-state index contributed by atoms with van der Waals surface area (Å²) in [6.45, 7) is 2.83. The third kappa shape index (κ3) is 5.42. The summed E-state index contributed by atoms with van der Waals surface area (Å²) in [5.41, 5.74) is 2.80. The summed E-state index contributed by atoms with van der Waals surface area (Å²) in [7, 11) is 0. The molecule has 0 bridgehead atoms. The molecule has 0 aromatic heterocycles. The number of hydrogen-bond acceptors (Lipinski definition) is 4. The van der Waals surface area contributed by atoms with E-state index in [1.54, 1.807) is 17.0 Å². The van der Waals surface area contributed by atoms with E-state index in [0.717, 1.165) is 37.1 Å². The molecule has 1 fully saturated rings. The quantitative estimate of drug-likeness (QED) is 0.593. The Morgan fingerprint density at radius 1 is 1.03 bits per heavy atom. The van der Waals surface area contributed by atoms with Crippen molar-refractivity contribution in [1.29, 1.82) is 0 Å². The van der Waals surface area contributed by atoms with E-state index in [1.165, 1.54) is 13.0 Å². The van der Waals surface area contributed by atoms with Gasteiger partial charge in [-0.3, -0.25) is 9.59 Å². The summed E-state index contributed by atoms with van der Waals surface area (Å²) in [4.78, 5) is 39.1. The van der Waals surface area contributed by atoms with Crippen LogP contribution in [0.15, 0.2) is 36.4 Å². The van der Waals surface area contributed by atoms with Crippen molar-refractivity contribution in [1.82, 2.24) is 10.2 Å². The van der Waals surface area contributed by atoms with Gasteiger partial charge in [0.2, 0.25) is 0 Å². The monoisotopic (exact) mass is 489 g/mol. The van der Waals surface area contributed by atoms with Crippen molar-refractivity contribution < 1.29 is 19.1 Å². The van der Waals surface area contributed by atoms with Crippen molar-refractivity contribution in [3.05, 3.63) is 63.1 Å². The molecule has 9 heteroatoms. The lowest BCUT2D eigenvalue weighted by Crippen LogP contribution is -2.41. The van der Waals surface area contributed by atoms with Gasteiger partial charge in [0, 0.05) is 31.3 Å². The molecule has 0 saturated carbocycles. The predicted octanol–water partition coefficient (Wildman–Crippen LogP) is 4.97. The van der Waals surface area contributed by atoms with Gasteiger partial charge in [0.15, 0.2) is 0 Å². The van der Waals surface area contributed by atoms with Crippen molar-refractivity contribution in [3.63, 3.8) is 0 Å². The molecule has 2 aliphatic rings. The average molecular weight is 490 g/mol. The molecule has 1 saturated heterocycles. The fourth-order valence-corrected chi connectivity index (χ4v) is 4.65. The van der Waals surface area contributed by atoms with E-state index in [-0.39, 0.29) is 17.0 Å². The smallest absolute Gasteiger partial charge is 0.321 e. The van der Waals surface area contributed by atoms with Gasteiger partial charge >= 0.3 is 12.0 Å². The molecule has 0 radical (unpaired) electrons. The van der Waals surface area contributed by atoms with Gasteiger partial charge in [-0.2, -0.15) is 0 Å². The van der Waals surface area contributed by atoms with Gasteiger partial charge in [0.05, 0.1) is 16.1 Å². The van der Waals surface area contributed by atoms with E-state index in [4.69, 9.17) is 27.9 Å². The van der Waals surface area contributed by atoms with E-state index < -0.39 is 18.1 Å². The van der Waals surface area contributed by atoms with Crippen LogP contribution in [0.2, 0.25) is 10.0 Å². The molecule has 2 atom stereocenters. The van der Waals surface area contributed by atoms with Crippen LogP contribution in [0.1, 0.15) is 53.7 Å². The molecule has 3 amide bonds. The zero-order valence-electron chi connectivity index (χ0n) is 18.2. The molecule has 2 N–H and O–H groups in total. The van der Waals surface area contributed by atoms with Crippen molar-refractivity contribution >= 4 is 46.8 Å². The van der Waals surface area contributed by atoms with Crippen LogP contribution in [0.3, 0.4) is 0 Å². The van der Waals surface area contributed by atoms with Crippen LogP contribution in [0.5, 0.6) is 0 Å². The number of nitrogens with one attached hydrogen (secondary N) is 2. The van der Waals surface area contributed by atoms with Gasteiger partial charge < -0.3 is 20.3 Å². The Balaban J connectivity index is 1.61. The van der Waals surface area contributed by atoms with Gasteiger partial charge in [0.25, 0.3) is 5.91 Å². The number of esters is 1. The number of fused-ring (bicyclic) bond motifs is 1. The first kappa shape index (κ1) is 23.4. The van der Waals surface area contributed by atoms with Crippen LogP contribution in [0.25, 0.3) is 0 Å². The largest absolute Gasteiger partial charge is 0.460 e. The van der Waals surface area contributed by atoms with Gasteiger partial charge in [-0.25, -0.2) is 4.79 Å². The maximum absolute atomic E-state index is 13.0. The summed E-state index contributed by atoms with van der Waals surface area (Å²) in [6.07, 6.45) is 2.73. The number of anilines is 1. The zero-order valence-corrected chi connectivity index (χ0v) is 19.7. The molecule has 174 valence electrons. The molecule has 2 aromatic rings. The van der Waals surface area contributed by atoms with Gasteiger partial charge in [-0.05, 0) is 67.1 Å². The third-order valence-electron chi connectivity index (χ3n) is 5.98. The van der Waals surface area contributed by atoms with Crippen LogP contribution in [-0.2, 0) is 16.0 Å². The van der Waals surface area contributed by atoms with Gasteiger partial charge in [0.1, 0.15) is 6.10 Å². The molecule has 1 aliphatic carbocycles. The van der Waals surface area contributed by atoms with Crippen LogP contribution in [-0.4, -0.2) is 42.0 Å². The Morgan fingerprint density at radius 3 is 2.48 bits per heavy atom. The lowest BCUT2D eigenvalue weighted by Gasteiger charge is -2.34. The van der Waals surface area contributed by atoms with Crippen LogP contribution < -0.4 is 10.6 Å². The first-order chi connectivity index (χ1) is 15.8. The Kier molecular flexibility index (Phi) is 7.10. The summed E-state index contributed by atoms with van der Waals surface area (Å²) in [5.74, 6) is -0.786. The Morgan fingerprint density at radius 2 is 1.79 bits per heavy atom. The number of rotatable bonds is 4. The molecular formula is C24H25Cl2N3O4. The van der Waals surface area contributed by atoms with Gasteiger partial charge in [-0.1, -0.05) is 29.3 Å². The minimum Gasteiger partial charge on any atom is -0.460 e. The number of likely N-dealkylation sites (tertiary alicyclic amines) is 1. The molecule has 7 nitrogen and oxygen atoms in total. The Labute approximate surface area is 202 Å². The molecule has 4 rings (SSSR count). The number of aryl methyl sites for hydroxylation is 1. The number of carbonyl (C=O) groups is 3. The lowest BCUT2D eigenvalue weighted by molar-refractivity contribution is -0.148. The Bertz CT molecular complexity index is 1090. The maximum atomic E-state index is 13.0. The van der Waals surface area contributed by atoms with Crippen LogP contribution in [0, 0.1) is 0 Å². The zero-order chi connectivity index (χ0) is 23.5. The molecular weight excluding hydrogens is 465 g/mol. The third-order valence-corrected chi connectivity index (χ3v) is 6.72. The highest BCUT2D eigenvalue weighted by atomic mass is 35.5. The number of benzene rings is 2. The molecule has 0 unspecified atom stereocenters. The van der Waals surface area contributed by atoms with Crippen molar-refractivity contribution in [2.75, 3.05) is 18.4 Å². The SMILES string of the molecule is CC(=O)O[C@@H]1CCc2ccc(NC(=O)N3CCCC3)cc2[C@H]1NC(=O)c1ccc(Cl)c(Cl)c1. The maximum Gasteiger partial charge on any atom is 0.321 e. The van der Waals surface area contributed by atoms with E-state index in [1.807, 2.05) is 18.2 Å². The number of urea groups is 1. The molecule has 1 heterocycles. The molecule has 2 aromatic carbocycles. The van der Waals surface area contributed by atoms with Crippen LogP contribution in [0.4, 0.5) is 10.5 Å². The summed E-state index contributed by atoms with van der Waals surface area (Å²) in [5, 5.41) is 6.56. The fraction of sp³-hybridized carbons (Fsp3) is 0.375. The van der Waals surface area contributed by atoms with Crippen molar-refractivity contribution in [3.8, 4) is 0 Å². The van der Waals surface area contributed by atoms with Gasteiger partial charge in [-0.15, -0.1) is 0 Å². The second-order valence-corrected chi connectivity index (χ2v) is 9.12. The minimum absolute atomic E-state index is 0.142.